The van der Waals surface area contributed by atoms with Gasteiger partial charge in [-0.25, -0.2) is 8.42 Å². The maximum absolute atomic E-state index is 10.8. The predicted octanol–water partition coefficient (Wildman–Crippen LogP) is 0.146. The van der Waals surface area contributed by atoms with Crippen LogP contribution in [0.2, 0.25) is 0 Å². The molecule has 0 radical (unpaired) electrons. The quantitative estimate of drug-likeness (QED) is 0.748. The summed E-state index contributed by atoms with van der Waals surface area (Å²) in [5, 5.41) is 0. The van der Waals surface area contributed by atoms with Crippen molar-refractivity contribution >= 4 is 20.2 Å². The molecule has 0 aliphatic carbocycles. The maximum Gasteiger partial charge on any atom is 0.295 e. The summed E-state index contributed by atoms with van der Waals surface area (Å²) in [6, 6.07) is 3.35. The molecule has 0 aliphatic heterocycles. The second-order valence-electron chi connectivity index (χ2n) is 2.83. The highest BCUT2D eigenvalue weighted by atomic mass is 32.2. The van der Waals surface area contributed by atoms with E-state index in [0.29, 0.717) is 0 Å². The van der Waals surface area contributed by atoms with Gasteiger partial charge < -0.3 is 4.55 Å². The first-order valence-electron chi connectivity index (χ1n) is 3.67. The van der Waals surface area contributed by atoms with Gasteiger partial charge in [-0.05, 0) is 18.6 Å². The minimum Gasteiger partial charge on any atom is -0.744 e. The molecular formula is C7H7O6S2-. The van der Waals surface area contributed by atoms with Gasteiger partial charge in [0.25, 0.3) is 10.1 Å². The molecule has 0 saturated carbocycles. The summed E-state index contributed by atoms with van der Waals surface area (Å²) in [4.78, 5) is -1.80. The van der Waals surface area contributed by atoms with Gasteiger partial charge in [-0.1, -0.05) is 12.1 Å². The zero-order valence-corrected chi connectivity index (χ0v) is 9.17. The van der Waals surface area contributed by atoms with Gasteiger partial charge in [0.2, 0.25) is 0 Å². The fraction of sp³-hybridized carbons (Fsp3) is 0.143. The van der Waals surface area contributed by atoms with Crippen molar-refractivity contribution in [3.63, 3.8) is 0 Å². The molecule has 0 amide bonds. The van der Waals surface area contributed by atoms with E-state index < -0.39 is 30.0 Å². The Labute approximate surface area is 87.1 Å². The van der Waals surface area contributed by atoms with E-state index in [0.717, 1.165) is 6.07 Å². The van der Waals surface area contributed by atoms with Crippen molar-refractivity contribution in [1.82, 2.24) is 0 Å². The van der Waals surface area contributed by atoms with Crippen LogP contribution in [0.15, 0.2) is 28.0 Å². The van der Waals surface area contributed by atoms with E-state index >= 15 is 0 Å². The molecule has 0 aliphatic rings. The summed E-state index contributed by atoms with van der Waals surface area (Å²) in [5.41, 5.74) is -0.0277. The first-order chi connectivity index (χ1) is 6.64. The summed E-state index contributed by atoms with van der Waals surface area (Å²) in [7, 11) is -9.65. The molecule has 1 N–H and O–H groups in total. The molecular weight excluding hydrogens is 244 g/mol. The number of benzene rings is 1. The molecule has 0 fully saturated rings. The van der Waals surface area contributed by atoms with Crippen LogP contribution in [-0.2, 0) is 20.2 Å². The van der Waals surface area contributed by atoms with E-state index in [9.17, 15) is 21.4 Å². The zero-order valence-electron chi connectivity index (χ0n) is 7.54. The Morgan fingerprint density at radius 3 is 2.07 bits per heavy atom. The molecule has 15 heavy (non-hydrogen) atoms. The normalized spacial score (nSPS) is 12.7. The van der Waals surface area contributed by atoms with Crippen LogP contribution in [-0.4, -0.2) is 25.9 Å². The third-order valence-electron chi connectivity index (χ3n) is 1.70. The Morgan fingerprint density at radius 1 is 1.20 bits per heavy atom. The molecule has 84 valence electrons. The van der Waals surface area contributed by atoms with Crippen LogP contribution < -0.4 is 0 Å². The summed E-state index contributed by atoms with van der Waals surface area (Å²) < 4.78 is 62.7. The third kappa shape index (κ3) is 2.53. The second kappa shape index (κ2) is 3.56. The van der Waals surface area contributed by atoms with Gasteiger partial charge in [0, 0.05) is 0 Å². The molecule has 0 heterocycles. The average molecular weight is 251 g/mol. The highest BCUT2D eigenvalue weighted by Crippen LogP contribution is 2.23. The van der Waals surface area contributed by atoms with Crippen LogP contribution in [0.5, 0.6) is 0 Å². The number of rotatable bonds is 2. The second-order valence-corrected chi connectivity index (χ2v) is 5.54. The van der Waals surface area contributed by atoms with Crippen LogP contribution in [0.25, 0.3) is 0 Å². The van der Waals surface area contributed by atoms with Gasteiger partial charge in [0.1, 0.15) is 15.0 Å². The van der Waals surface area contributed by atoms with Crippen molar-refractivity contribution in [2.45, 2.75) is 16.7 Å². The lowest BCUT2D eigenvalue weighted by Crippen LogP contribution is -2.10. The number of aryl methyl sites for hydroxylation is 1. The van der Waals surface area contributed by atoms with Gasteiger partial charge in [0.15, 0.2) is 0 Å². The fourth-order valence-corrected chi connectivity index (χ4v) is 3.19. The molecule has 1 aromatic carbocycles. The lowest BCUT2D eigenvalue weighted by atomic mass is 10.2. The lowest BCUT2D eigenvalue weighted by Gasteiger charge is -2.13. The van der Waals surface area contributed by atoms with Crippen LogP contribution in [0, 0.1) is 6.92 Å². The predicted molar refractivity (Wildman–Crippen MR) is 49.0 cm³/mol. The molecule has 0 atom stereocenters. The standard InChI is InChI=1S/C7H8O6S2/c1-5-3-2-4-6(14(8,9)10)7(5)15(11,12)13/h2-4H,1H3,(H,8,9,10)(H,11,12,13)/p-1. The van der Waals surface area contributed by atoms with E-state index in [1.54, 1.807) is 0 Å². The molecule has 6 nitrogen and oxygen atoms in total. The van der Waals surface area contributed by atoms with E-state index in [-0.39, 0.29) is 5.56 Å². The molecule has 0 unspecified atom stereocenters. The van der Waals surface area contributed by atoms with Crippen molar-refractivity contribution in [2.24, 2.45) is 0 Å². The van der Waals surface area contributed by atoms with Gasteiger partial charge in [-0.2, -0.15) is 8.42 Å². The molecule has 0 spiro atoms. The Bertz CT molecular complexity index is 584. The molecule has 1 aromatic rings. The highest BCUT2D eigenvalue weighted by molar-refractivity contribution is 7.89. The minimum absolute atomic E-state index is 0.0277. The average Bonchev–Trinajstić information content (AvgIpc) is 1.99. The molecule has 1 rings (SSSR count). The van der Waals surface area contributed by atoms with Gasteiger partial charge >= 0.3 is 0 Å². The molecule has 0 saturated heterocycles. The topological polar surface area (TPSA) is 112 Å². The van der Waals surface area contributed by atoms with E-state index in [1.165, 1.54) is 19.1 Å². The lowest BCUT2D eigenvalue weighted by molar-refractivity contribution is 0.453. The van der Waals surface area contributed by atoms with E-state index in [4.69, 9.17) is 4.55 Å². The Kier molecular flexibility index (Phi) is 2.88. The Hall–Kier alpha value is -0.960. The van der Waals surface area contributed by atoms with E-state index in [2.05, 4.69) is 0 Å². The summed E-state index contributed by atoms with van der Waals surface area (Å²) in [5.74, 6) is 0. The van der Waals surface area contributed by atoms with Crippen molar-refractivity contribution in [3.8, 4) is 0 Å². The zero-order chi connectivity index (χ0) is 11.9. The summed E-state index contributed by atoms with van der Waals surface area (Å²) >= 11 is 0. The first kappa shape index (κ1) is 12.1. The van der Waals surface area contributed by atoms with Crippen molar-refractivity contribution in [1.29, 1.82) is 0 Å². The molecule has 0 aromatic heterocycles. The van der Waals surface area contributed by atoms with Gasteiger partial charge in [0.05, 0.1) is 4.90 Å². The third-order valence-corrected chi connectivity index (χ3v) is 3.77. The fourth-order valence-electron chi connectivity index (χ4n) is 1.15. The Balaban J connectivity index is 3.79. The minimum atomic E-state index is -4.94. The summed E-state index contributed by atoms with van der Waals surface area (Å²) in [6.45, 7) is 1.26. The summed E-state index contributed by atoms with van der Waals surface area (Å²) in [6.07, 6.45) is 0. The Morgan fingerprint density at radius 2 is 1.73 bits per heavy atom. The first-order valence-corrected chi connectivity index (χ1v) is 6.52. The van der Waals surface area contributed by atoms with E-state index in [1.807, 2.05) is 0 Å². The maximum atomic E-state index is 10.8. The van der Waals surface area contributed by atoms with Crippen molar-refractivity contribution < 1.29 is 25.9 Å². The highest BCUT2D eigenvalue weighted by Gasteiger charge is 2.20. The van der Waals surface area contributed by atoms with Crippen molar-refractivity contribution in [3.05, 3.63) is 23.8 Å². The smallest absolute Gasteiger partial charge is 0.295 e. The SMILES string of the molecule is Cc1cccc(S(=O)(=O)O)c1S(=O)(=O)[O-]. The monoisotopic (exact) mass is 251 g/mol. The van der Waals surface area contributed by atoms with Crippen molar-refractivity contribution in [2.75, 3.05) is 0 Å². The van der Waals surface area contributed by atoms with Gasteiger partial charge in [-0.15, -0.1) is 0 Å². The largest absolute Gasteiger partial charge is 0.744 e. The van der Waals surface area contributed by atoms with Gasteiger partial charge in [-0.3, -0.25) is 4.55 Å². The number of hydrogen-bond acceptors (Lipinski definition) is 5. The van der Waals surface area contributed by atoms with Crippen LogP contribution in [0.1, 0.15) is 5.56 Å². The van der Waals surface area contributed by atoms with Crippen LogP contribution in [0.4, 0.5) is 0 Å². The van der Waals surface area contributed by atoms with Crippen LogP contribution >= 0.6 is 0 Å². The molecule has 0 bridgehead atoms. The molecule has 8 heteroatoms. The number of hydrogen-bond donors (Lipinski definition) is 1. The van der Waals surface area contributed by atoms with Crippen LogP contribution in [0.3, 0.4) is 0 Å².